The first-order valence-electron chi connectivity index (χ1n) is 7.48. The lowest BCUT2D eigenvalue weighted by Gasteiger charge is -2.35. The number of rotatable bonds is 4. The number of likely N-dealkylation sites (tertiary alicyclic amines) is 1. The van der Waals surface area contributed by atoms with Crippen molar-refractivity contribution < 1.29 is 4.79 Å². The van der Waals surface area contributed by atoms with Crippen LogP contribution in [0.2, 0.25) is 0 Å². The highest BCUT2D eigenvalue weighted by Crippen LogP contribution is 2.28. The summed E-state index contributed by atoms with van der Waals surface area (Å²) in [6.45, 7) is 9.86. The van der Waals surface area contributed by atoms with E-state index in [9.17, 15) is 4.79 Å². The molecule has 1 aliphatic rings. The number of amides is 2. The Balaban J connectivity index is 2.03. The van der Waals surface area contributed by atoms with Crippen molar-refractivity contribution in [2.45, 2.75) is 25.2 Å². The normalized spacial score (nSPS) is 21.9. The second-order valence-electron chi connectivity index (χ2n) is 5.88. The topological polar surface area (TPSA) is 32.3 Å². The summed E-state index contributed by atoms with van der Waals surface area (Å²) in [7, 11) is 0. The Morgan fingerprint density at radius 3 is 2.71 bits per heavy atom. The third-order valence-electron chi connectivity index (χ3n) is 3.64. The van der Waals surface area contributed by atoms with Crippen LogP contribution < -0.4 is 5.32 Å². The van der Waals surface area contributed by atoms with Crippen molar-refractivity contribution in [1.82, 2.24) is 4.90 Å². The van der Waals surface area contributed by atoms with E-state index in [1.165, 1.54) is 6.42 Å². The fourth-order valence-electron chi connectivity index (χ4n) is 2.87. The molecule has 0 radical (unpaired) electrons. The van der Waals surface area contributed by atoms with Gasteiger partial charge in [0.2, 0.25) is 0 Å². The standard InChI is InChI=1S/C17H24N2OS/c1-4-9-21-16-8-6-5-7-15(16)18-17(20)19-11-13(2)10-14(3)12-19/h4-8,13-14H,1,9-12H2,2-3H3,(H,18,20)/t13-,14-/m1/s1. The minimum atomic E-state index is 0.0139. The van der Waals surface area contributed by atoms with Gasteiger partial charge in [0.25, 0.3) is 0 Å². The summed E-state index contributed by atoms with van der Waals surface area (Å²) >= 11 is 1.69. The van der Waals surface area contributed by atoms with E-state index in [0.717, 1.165) is 29.4 Å². The summed E-state index contributed by atoms with van der Waals surface area (Å²) in [5.74, 6) is 1.99. The van der Waals surface area contributed by atoms with Gasteiger partial charge < -0.3 is 10.2 Å². The van der Waals surface area contributed by atoms with Gasteiger partial charge in [0, 0.05) is 23.7 Å². The van der Waals surface area contributed by atoms with Gasteiger partial charge >= 0.3 is 6.03 Å². The third kappa shape index (κ3) is 4.53. The largest absolute Gasteiger partial charge is 0.324 e. The summed E-state index contributed by atoms with van der Waals surface area (Å²) in [5, 5.41) is 3.06. The summed E-state index contributed by atoms with van der Waals surface area (Å²) in [6, 6.07) is 7.95. The van der Waals surface area contributed by atoms with E-state index in [1.807, 2.05) is 35.2 Å². The molecular formula is C17H24N2OS. The van der Waals surface area contributed by atoms with E-state index < -0.39 is 0 Å². The Kier molecular flexibility index (Phi) is 5.74. The zero-order valence-corrected chi connectivity index (χ0v) is 13.7. The number of piperidine rings is 1. The minimum absolute atomic E-state index is 0.0139. The molecule has 0 aromatic heterocycles. The molecule has 2 amide bonds. The first-order chi connectivity index (χ1) is 10.1. The van der Waals surface area contributed by atoms with E-state index >= 15 is 0 Å². The van der Waals surface area contributed by atoms with Crippen LogP contribution >= 0.6 is 11.8 Å². The number of hydrogen-bond donors (Lipinski definition) is 1. The molecule has 0 bridgehead atoms. The van der Waals surface area contributed by atoms with Crippen LogP contribution in [0.1, 0.15) is 20.3 Å². The van der Waals surface area contributed by atoms with Crippen LogP contribution in [-0.2, 0) is 0 Å². The van der Waals surface area contributed by atoms with Gasteiger partial charge in [0.1, 0.15) is 0 Å². The average Bonchev–Trinajstić information content (AvgIpc) is 2.45. The first kappa shape index (κ1) is 16.0. The quantitative estimate of drug-likeness (QED) is 0.657. The van der Waals surface area contributed by atoms with Crippen molar-refractivity contribution in [3.8, 4) is 0 Å². The van der Waals surface area contributed by atoms with Gasteiger partial charge in [-0.1, -0.05) is 32.1 Å². The molecule has 0 spiro atoms. The molecule has 21 heavy (non-hydrogen) atoms. The van der Waals surface area contributed by atoms with Gasteiger partial charge in [-0.15, -0.1) is 18.3 Å². The van der Waals surface area contributed by atoms with Gasteiger partial charge in [-0.25, -0.2) is 4.79 Å². The maximum Gasteiger partial charge on any atom is 0.321 e. The number of carbonyl (C=O) groups is 1. The van der Waals surface area contributed by atoms with Crippen molar-refractivity contribution in [3.05, 3.63) is 36.9 Å². The van der Waals surface area contributed by atoms with Crippen molar-refractivity contribution in [1.29, 1.82) is 0 Å². The predicted molar refractivity (Wildman–Crippen MR) is 90.9 cm³/mol. The summed E-state index contributed by atoms with van der Waals surface area (Å²) in [4.78, 5) is 15.5. The molecule has 1 heterocycles. The van der Waals surface area contributed by atoms with Crippen LogP contribution in [0.5, 0.6) is 0 Å². The van der Waals surface area contributed by atoms with Gasteiger partial charge in [-0.2, -0.15) is 0 Å². The van der Waals surface area contributed by atoms with E-state index in [1.54, 1.807) is 11.8 Å². The lowest BCUT2D eigenvalue weighted by Crippen LogP contribution is -2.44. The monoisotopic (exact) mass is 304 g/mol. The molecule has 3 nitrogen and oxygen atoms in total. The smallest absolute Gasteiger partial charge is 0.321 e. The molecular weight excluding hydrogens is 280 g/mol. The average molecular weight is 304 g/mol. The van der Waals surface area contributed by atoms with Crippen LogP contribution in [-0.4, -0.2) is 29.8 Å². The Bertz CT molecular complexity index is 493. The zero-order valence-electron chi connectivity index (χ0n) is 12.8. The Morgan fingerprint density at radius 1 is 1.38 bits per heavy atom. The maximum absolute atomic E-state index is 12.5. The lowest BCUT2D eigenvalue weighted by molar-refractivity contribution is 0.156. The Morgan fingerprint density at radius 2 is 2.05 bits per heavy atom. The van der Waals surface area contributed by atoms with Gasteiger partial charge in [-0.3, -0.25) is 0 Å². The molecule has 1 aromatic rings. The summed E-state index contributed by atoms with van der Waals surface area (Å²) < 4.78 is 0. The highest BCUT2D eigenvalue weighted by molar-refractivity contribution is 7.99. The molecule has 0 saturated carbocycles. The molecule has 4 heteroatoms. The number of urea groups is 1. The number of hydrogen-bond acceptors (Lipinski definition) is 2. The number of nitrogens with one attached hydrogen (secondary N) is 1. The van der Waals surface area contributed by atoms with E-state index in [4.69, 9.17) is 0 Å². The lowest BCUT2D eigenvalue weighted by atomic mass is 9.92. The van der Waals surface area contributed by atoms with Crippen LogP contribution in [0.15, 0.2) is 41.8 Å². The Hall–Kier alpha value is -1.42. The second kappa shape index (κ2) is 7.55. The van der Waals surface area contributed by atoms with Crippen molar-refractivity contribution in [3.63, 3.8) is 0 Å². The molecule has 1 saturated heterocycles. The Labute approximate surface area is 131 Å². The number of para-hydroxylation sites is 1. The SMILES string of the molecule is C=CCSc1ccccc1NC(=O)N1C[C@H](C)C[C@@H](C)C1. The molecule has 2 atom stereocenters. The highest BCUT2D eigenvalue weighted by atomic mass is 32.2. The molecule has 0 aliphatic carbocycles. The number of anilines is 1. The fraction of sp³-hybridized carbons (Fsp3) is 0.471. The minimum Gasteiger partial charge on any atom is -0.324 e. The van der Waals surface area contributed by atoms with Crippen molar-refractivity contribution in [2.24, 2.45) is 11.8 Å². The first-order valence-corrected chi connectivity index (χ1v) is 8.47. The number of nitrogens with zero attached hydrogens (tertiary/aromatic N) is 1. The molecule has 1 fully saturated rings. The van der Waals surface area contributed by atoms with Crippen LogP contribution in [0, 0.1) is 11.8 Å². The van der Waals surface area contributed by atoms with Gasteiger partial charge in [0.05, 0.1) is 5.69 Å². The van der Waals surface area contributed by atoms with Crippen LogP contribution in [0.3, 0.4) is 0 Å². The maximum atomic E-state index is 12.5. The van der Waals surface area contributed by atoms with E-state index in [2.05, 4.69) is 25.7 Å². The van der Waals surface area contributed by atoms with Gasteiger partial charge in [0.15, 0.2) is 0 Å². The molecule has 1 aromatic carbocycles. The van der Waals surface area contributed by atoms with E-state index in [0.29, 0.717) is 11.8 Å². The summed E-state index contributed by atoms with van der Waals surface area (Å²) in [5.41, 5.74) is 0.889. The van der Waals surface area contributed by atoms with Crippen molar-refractivity contribution in [2.75, 3.05) is 24.2 Å². The molecule has 0 unspecified atom stereocenters. The molecule has 2 rings (SSSR count). The number of benzene rings is 1. The van der Waals surface area contributed by atoms with Crippen LogP contribution in [0.4, 0.5) is 10.5 Å². The molecule has 1 N–H and O–H groups in total. The zero-order chi connectivity index (χ0) is 15.2. The number of carbonyl (C=O) groups excluding carboxylic acids is 1. The third-order valence-corrected chi connectivity index (χ3v) is 4.71. The summed E-state index contributed by atoms with van der Waals surface area (Å²) in [6.07, 6.45) is 3.08. The number of thioether (sulfide) groups is 1. The van der Waals surface area contributed by atoms with Crippen molar-refractivity contribution >= 4 is 23.5 Å². The fourth-order valence-corrected chi connectivity index (χ4v) is 3.61. The van der Waals surface area contributed by atoms with E-state index in [-0.39, 0.29) is 6.03 Å². The van der Waals surface area contributed by atoms with Gasteiger partial charge in [-0.05, 0) is 30.4 Å². The predicted octanol–water partition coefficient (Wildman–Crippen LogP) is 4.47. The second-order valence-corrected chi connectivity index (χ2v) is 6.94. The highest BCUT2D eigenvalue weighted by Gasteiger charge is 2.25. The van der Waals surface area contributed by atoms with Crippen LogP contribution in [0.25, 0.3) is 0 Å². The molecule has 1 aliphatic heterocycles. The molecule has 114 valence electrons.